The van der Waals surface area contributed by atoms with Gasteiger partial charge in [-0.15, -0.1) is 0 Å². The zero-order chi connectivity index (χ0) is 15.4. The maximum atomic E-state index is 11.8. The summed E-state index contributed by atoms with van der Waals surface area (Å²) in [5.41, 5.74) is 6.73. The number of carbonyl (C=O) groups excluding carboxylic acids is 2. The summed E-state index contributed by atoms with van der Waals surface area (Å²) in [4.78, 5) is 23.6. The van der Waals surface area contributed by atoms with Crippen LogP contribution in [0, 0.1) is 0 Å². The largest absolute Gasteiger partial charge is 0.399 e. The Balaban J connectivity index is 2.04. The predicted octanol–water partition coefficient (Wildman–Crippen LogP) is 3.15. The number of rotatable bonds is 2. The van der Waals surface area contributed by atoms with Crippen molar-refractivity contribution in [2.24, 2.45) is 0 Å². The number of amides is 2. The monoisotopic (exact) mass is 323 g/mol. The molecule has 0 unspecified atom stereocenters. The van der Waals surface area contributed by atoms with Gasteiger partial charge in [-0.2, -0.15) is 0 Å². The van der Waals surface area contributed by atoms with E-state index in [0.717, 1.165) is 0 Å². The van der Waals surface area contributed by atoms with Gasteiger partial charge in [0.05, 0.1) is 10.7 Å². The molecule has 108 valence electrons. The predicted molar refractivity (Wildman–Crippen MR) is 84.6 cm³/mol. The number of benzene rings is 2. The Hall–Kier alpha value is -2.24. The van der Waals surface area contributed by atoms with E-state index in [2.05, 4.69) is 10.6 Å². The van der Waals surface area contributed by atoms with Crippen molar-refractivity contribution in [2.75, 3.05) is 16.4 Å². The first-order valence-corrected chi connectivity index (χ1v) is 6.64. The molecule has 0 aliphatic heterocycles. The van der Waals surface area contributed by atoms with Crippen LogP contribution in [0.4, 0.5) is 17.1 Å². The molecular weight excluding hydrogens is 313 g/mol. The van der Waals surface area contributed by atoms with Gasteiger partial charge in [0.1, 0.15) is 0 Å². The van der Waals surface area contributed by atoms with E-state index in [4.69, 9.17) is 28.9 Å². The molecule has 2 aromatic rings. The third-order valence-corrected chi connectivity index (χ3v) is 3.08. The summed E-state index contributed by atoms with van der Waals surface area (Å²) < 4.78 is 0. The molecule has 0 spiro atoms. The lowest BCUT2D eigenvalue weighted by Gasteiger charge is -2.08. The van der Waals surface area contributed by atoms with Crippen LogP contribution in [0.5, 0.6) is 0 Å². The minimum atomic E-state index is -0.846. The van der Waals surface area contributed by atoms with E-state index in [1.807, 2.05) is 0 Å². The van der Waals surface area contributed by atoms with Gasteiger partial charge in [0, 0.05) is 16.4 Å². The third-order valence-electron chi connectivity index (χ3n) is 2.53. The van der Waals surface area contributed by atoms with Crippen LogP contribution in [0.1, 0.15) is 0 Å². The molecule has 0 aromatic heterocycles. The number of halogens is 2. The molecule has 7 heteroatoms. The van der Waals surface area contributed by atoms with Crippen LogP contribution in [0.2, 0.25) is 10.0 Å². The number of hydrogen-bond acceptors (Lipinski definition) is 3. The molecule has 0 bridgehead atoms. The smallest absolute Gasteiger partial charge is 0.314 e. The maximum Gasteiger partial charge on any atom is 0.314 e. The standard InChI is InChI=1S/C14H11Cl2N3O2/c15-8-2-1-3-10(6-8)18-13(20)14(21)19-12-5-4-9(17)7-11(12)16/h1-7H,17H2,(H,18,20)(H,19,21). The second-order valence-corrected chi connectivity index (χ2v) is 5.00. The van der Waals surface area contributed by atoms with Crippen molar-refractivity contribution < 1.29 is 9.59 Å². The fourth-order valence-electron chi connectivity index (χ4n) is 1.57. The lowest BCUT2D eigenvalue weighted by molar-refractivity contribution is -0.132. The zero-order valence-electron chi connectivity index (χ0n) is 10.7. The molecule has 0 radical (unpaired) electrons. The Morgan fingerprint density at radius 1 is 0.952 bits per heavy atom. The SMILES string of the molecule is Nc1ccc(NC(=O)C(=O)Nc2cccc(Cl)c2)c(Cl)c1. The highest BCUT2D eigenvalue weighted by Crippen LogP contribution is 2.24. The Morgan fingerprint density at radius 2 is 1.67 bits per heavy atom. The third kappa shape index (κ3) is 4.11. The van der Waals surface area contributed by atoms with E-state index >= 15 is 0 Å². The minimum absolute atomic E-state index is 0.249. The van der Waals surface area contributed by atoms with Crippen LogP contribution in [0.3, 0.4) is 0 Å². The maximum absolute atomic E-state index is 11.8. The van der Waals surface area contributed by atoms with Crippen LogP contribution in [-0.4, -0.2) is 11.8 Å². The van der Waals surface area contributed by atoms with Crippen LogP contribution in [0.15, 0.2) is 42.5 Å². The van der Waals surface area contributed by atoms with Crippen LogP contribution in [-0.2, 0) is 9.59 Å². The van der Waals surface area contributed by atoms with E-state index < -0.39 is 11.8 Å². The molecule has 0 saturated heterocycles. The first-order valence-electron chi connectivity index (χ1n) is 5.88. The Kier molecular flexibility index (Phi) is 4.67. The van der Waals surface area contributed by atoms with Gasteiger partial charge in [-0.3, -0.25) is 9.59 Å². The van der Waals surface area contributed by atoms with Crippen molar-refractivity contribution in [3.63, 3.8) is 0 Å². The number of nitrogen functional groups attached to an aromatic ring is 1. The summed E-state index contributed by atoms with van der Waals surface area (Å²) in [6, 6.07) is 11.0. The summed E-state index contributed by atoms with van der Waals surface area (Å²) >= 11 is 11.7. The molecule has 2 rings (SSSR count). The molecule has 2 amide bonds. The fourth-order valence-corrected chi connectivity index (χ4v) is 1.99. The molecular formula is C14H11Cl2N3O2. The topological polar surface area (TPSA) is 84.2 Å². The Morgan fingerprint density at radius 3 is 2.33 bits per heavy atom. The number of nitrogens with two attached hydrogens (primary N) is 1. The molecule has 5 nitrogen and oxygen atoms in total. The van der Waals surface area contributed by atoms with E-state index in [1.165, 1.54) is 18.2 Å². The normalized spacial score (nSPS) is 10.0. The van der Waals surface area contributed by atoms with Gasteiger partial charge in [0.15, 0.2) is 0 Å². The first-order chi connectivity index (χ1) is 9.95. The summed E-state index contributed by atoms with van der Waals surface area (Å²) in [5.74, 6) is -1.67. The molecule has 4 N–H and O–H groups in total. The number of nitrogens with one attached hydrogen (secondary N) is 2. The number of anilines is 3. The number of hydrogen-bond donors (Lipinski definition) is 3. The van der Waals surface area contributed by atoms with Crippen LogP contribution >= 0.6 is 23.2 Å². The van der Waals surface area contributed by atoms with E-state index in [1.54, 1.807) is 24.3 Å². The van der Waals surface area contributed by atoms with Gasteiger partial charge in [-0.25, -0.2) is 0 Å². The lowest BCUT2D eigenvalue weighted by Crippen LogP contribution is -2.29. The van der Waals surface area contributed by atoms with Gasteiger partial charge in [-0.05, 0) is 36.4 Å². The quantitative estimate of drug-likeness (QED) is 0.586. The second kappa shape index (κ2) is 6.47. The van der Waals surface area contributed by atoms with E-state index in [0.29, 0.717) is 22.1 Å². The zero-order valence-corrected chi connectivity index (χ0v) is 12.2. The summed E-state index contributed by atoms with van der Waals surface area (Å²) in [6.45, 7) is 0. The molecule has 21 heavy (non-hydrogen) atoms. The van der Waals surface area contributed by atoms with Crippen molar-refractivity contribution in [2.45, 2.75) is 0 Å². The van der Waals surface area contributed by atoms with Gasteiger partial charge in [-0.1, -0.05) is 29.3 Å². The van der Waals surface area contributed by atoms with Gasteiger partial charge < -0.3 is 16.4 Å². The molecule has 0 aliphatic rings. The second-order valence-electron chi connectivity index (χ2n) is 4.16. The summed E-state index contributed by atoms with van der Waals surface area (Å²) in [6.07, 6.45) is 0. The van der Waals surface area contributed by atoms with E-state index in [-0.39, 0.29) is 5.02 Å². The Labute approximate surface area is 131 Å². The molecule has 0 aliphatic carbocycles. The van der Waals surface area contributed by atoms with Crippen LogP contribution in [0.25, 0.3) is 0 Å². The number of carbonyl (C=O) groups is 2. The Bertz CT molecular complexity index is 704. The molecule has 0 heterocycles. The average molecular weight is 324 g/mol. The average Bonchev–Trinajstić information content (AvgIpc) is 2.41. The van der Waals surface area contributed by atoms with Crippen molar-refractivity contribution in [3.8, 4) is 0 Å². The highest BCUT2D eigenvalue weighted by atomic mass is 35.5. The van der Waals surface area contributed by atoms with Crippen molar-refractivity contribution in [1.29, 1.82) is 0 Å². The summed E-state index contributed by atoms with van der Waals surface area (Å²) in [7, 11) is 0. The molecule has 0 fully saturated rings. The van der Waals surface area contributed by atoms with Crippen molar-refractivity contribution in [3.05, 3.63) is 52.5 Å². The highest BCUT2D eigenvalue weighted by Gasteiger charge is 2.15. The fraction of sp³-hybridized carbons (Fsp3) is 0. The minimum Gasteiger partial charge on any atom is -0.399 e. The van der Waals surface area contributed by atoms with Crippen molar-refractivity contribution >= 4 is 52.1 Å². The van der Waals surface area contributed by atoms with Crippen molar-refractivity contribution in [1.82, 2.24) is 0 Å². The van der Waals surface area contributed by atoms with E-state index in [9.17, 15) is 9.59 Å². The van der Waals surface area contributed by atoms with Gasteiger partial charge in [0.2, 0.25) is 0 Å². The summed E-state index contributed by atoms with van der Waals surface area (Å²) in [5, 5.41) is 5.53. The highest BCUT2D eigenvalue weighted by molar-refractivity contribution is 6.45. The van der Waals surface area contributed by atoms with Gasteiger partial charge in [0.25, 0.3) is 0 Å². The molecule has 0 atom stereocenters. The van der Waals surface area contributed by atoms with Gasteiger partial charge >= 0.3 is 11.8 Å². The van der Waals surface area contributed by atoms with Crippen LogP contribution < -0.4 is 16.4 Å². The first kappa shape index (κ1) is 15.2. The lowest BCUT2D eigenvalue weighted by atomic mass is 10.2. The molecule has 2 aromatic carbocycles. The molecule has 0 saturated carbocycles.